The smallest absolute Gasteiger partial charge is 0.168 e. The largest absolute Gasteiger partial charge is 0.354 e. The Morgan fingerprint density at radius 1 is 1.28 bits per heavy atom. The number of carbonyl (C=O) groups is 1. The lowest BCUT2D eigenvalue weighted by molar-refractivity contribution is -0.174. The monoisotopic (exact) mass is 403 g/mol. The van der Waals surface area contributed by atoms with E-state index in [0.29, 0.717) is 22.0 Å². The Kier molecular flexibility index (Phi) is 5.65. The van der Waals surface area contributed by atoms with Gasteiger partial charge in [-0.3, -0.25) is 4.79 Å². The summed E-state index contributed by atoms with van der Waals surface area (Å²) >= 11 is 18.4. The molecule has 1 aliphatic rings. The van der Waals surface area contributed by atoms with Gasteiger partial charge in [-0.15, -0.1) is 0 Å². The molecule has 0 amide bonds. The first-order valence-electron chi connectivity index (χ1n) is 7.59. The van der Waals surface area contributed by atoms with Gasteiger partial charge in [-0.2, -0.15) is 5.10 Å². The molecule has 0 aliphatic carbocycles. The molecule has 9 heteroatoms. The standard InChI is InChI=1S/C16H16Cl3N3O3/c1-16(5-24-9-25-6-16)15(23)12(22-8-20-7-21-22)4-10-2-3-11(17)14(19)13(10)18/h2-3,7-8,12H,4-6,9H2,1H3. The minimum absolute atomic E-state index is 0.0696. The molecule has 0 radical (unpaired) electrons. The van der Waals surface area contributed by atoms with Crippen LogP contribution in [0.4, 0.5) is 0 Å². The lowest BCUT2D eigenvalue weighted by atomic mass is 9.81. The summed E-state index contributed by atoms with van der Waals surface area (Å²) in [5, 5.41) is 5.08. The number of ketones is 1. The number of nitrogens with zero attached hydrogens (tertiary/aromatic N) is 3. The zero-order valence-electron chi connectivity index (χ0n) is 13.4. The summed E-state index contributed by atoms with van der Waals surface area (Å²) in [7, 11) is 0. The van der Waals surface area contributed by atoms with Crippen molar-refractivity contribution in [2.24, 2.45) is 5.41 Å². The molecule has 25 heavy (non-hydrogen) atoms. The van der Waals surface area contributed by atoms with E-state index in [1.807, 2.05) is 6.92 Å². The van der Waals surface area contributed by atoms with Crippen LogP contribution in [0.1, 0.15) is 18.5 Å². The topological polar surface area (TPSA) is 66.2 Å². The summed E-state index contributed by atoms with van der Waals surface area (Å²) < 4.78 is 12.2. The summed E-state index contributed by atoms with van der Waals surface area (Å²) in [5.41, 5.74) is -0.0800. The van der Waals surface area contributed by atoms with Gasteiger partial charge in [-0.05, 0) is 18.6 Å². The maximum absolute atomic E-state index is 13.2. The molecule has 1 fully saturated rings. The lowest BCUT2D eigenvalue weighted by Crippen LogP contribution is -2.45. The van der Waals surface area contributed by atoms with Crippen LogP contribution in [0.3, 0.4) is 0 Å². The van der Waals surface area contributed by atoms with Crippen LogP contribution in [0.15, 0.2) is 24.8 Å². The van der Waals surface area contributed by atoms with E-state index in [4.69, 9.17) is 44.3 Å². The Labute approximate surface area is 160 Å². The van der Waals surface area contributed by atoms with Crippen LogP contribution in [0.2, 0.25) is 15.1 Å². The fraction of sp³-hybridized carbons (Fsp3) is 0.438. The van der Waals surface area contributed by atoms with Crippen LogP contribution in [-0.2, 0) is 20.7 Å². The molecule has 0 N–H and O–H groups in total. The van der Waals surface area contributed by atoms with Crippen molar-refractivity contribution >= 4 is 40.6 Å². The number of ether oxygens (including phenoxy) is 2. The van der Waals surface area contributed by atoms with Crippen LogP contribution in [0, 0.1) is 5.41 Å². The Balaban J connectivity index is 1.94. The van der Waals surface area contributed by atoms with E-state index in [9.17, 15) is 4.79 Å². The number of rotatable bonds is 5. The van der Waals surface area contributed by atoms with E-state index in [0.717, 1.165) is 0 Å². The quantitative estimate of drug-likeness (QED) is 0.712. The molecule has 2 heterocycles. The number of hydrogen-bond donors (Lipinski definition) is 0. The minimum atomic E-state index is -0.780. The zero-order valence-corrected chi connectivity index (χ0v) is 15.7. The average molecular weight is 405 g/mol. The third kappa shape index (κ3) is 3.83. The maximum atomic E-state index is 13.2. The number of hydrogen-bond acceptors (Lipinski definition) is 5. The molecule has 1 aromatic heterocycles. The van der Waals surface area contributed by atoms with Crippen molar-refractivity contribution < 1.29 is 14.3 Å². The van der Waals surface area contributed by atoms with Gasteiger partial charge in [-0.1, -0.05) is 40.9 Å². The molecule has 1 aliphatic heterocycles. The van der Waals surface area contributed by atoms with Crippen LogP contribution in [-0.4, -0.2) is 40.6 Å². The summed E-state index contributed by atoms with van der Waals surface area (Å²) in [6.45, 7) is 2.57. The molecule has 1 aromatic carbocycles. The number of carbonyl (C=O) groups excluding carboxylic acids is 1. The van der Waals surface area contributed by atoms with Crippen molar-refractivity contribution in [2.75, 3.05) is 20.0 Å². The lowest BCUT2D eigenvalue weighted by Gasteiger charge is -2.34. The second-order valence-electron chi connectivity index (χ2n) is 6.17. The Hall–Kier alpha value is -1.18. The summed E-state index contributed by atoms with van der Waals surface area (Å²) in [4.78, 5) is 17.2. The SMILES string of the molecule is CC1(C(=O)C(Cc2ccc(Cl)c(Cl)c2Cl)n2cncn2)COCOC1. The summed E-state index contributed by atoms with van der Waals surface area (Å²) in [6.07, 6.45) is 3.18. The van der Waals surface area contributed by atoms with Crippen LogP contribution in [0.5, 0.6) is 0 Å². The van der Waals surface area contributed by atoms with E-state index >= 15 is 0 Å². The van der Waals surface area contributed by atoms with E-state index in [-0.39, 0.29) is 30.8 Å². The van der Waals surface area contributed by atoms with Crippen LogP contribution in [0.25, 0.3) is 0 Å². The normalized spacial score (nSPS) is 18.1. The second-order valence-corrected chi connectivity index (χ2v) is 7.33. The Bertz CT molecular complexity index is 761. The number of benzene rings is 1. The molecule has 0 bridgehead atoms. The van der Waals surface area contributed by atoms with E-state index < -0.39 is 11.5 Å². The van der Waals surface area contributed by atoms with Crippen molar-refractivity contribution in [3.63, 3.8) is 0 Å². The van der Waals surface area contributed by atoms with Crippen molar-refractivity contribution in [1.29, 1.82) is 0 Å². The summed E-state index contributed by atoms with van der Waals surface area (Å²) in [6, 6.07) is 2.79. The van der Waals surface area contributed by atoms with Gasteiger partial charge in [0.25, 0.3) is 0 Å². The molecule has 2 aromatic rings. The van der Waals surface area contributed by atoms with Gasteiger partial charge in [-0.25, -0.2) is 9.67 Å². The molecule has 1 atom stereocenters. The van der Waals surface area contributed by atoms with Crippen molar-refractivity contribution in [2.45, 2.75) is 19.4 Å². The van der Waals surface area contributed by atoms with E-state index in [1.54, 1.807) is 12.1 Å². The molecule has 134 valence electrons. The van der Waals surface area contributed by atoms with Gasteiger partial charge in [0.15, 0.2) is 5.78 Å². The highest BCUT2D eigenvalue weighted by Gasteiger charge is 2.41. The molecule has 0 saturated carbocycles. The number of aromatic nitrogens is 3. The second kappa shape index (κ2) is 7.60. The summed E-state index contributed by atoms with van der Waals surface area (Å²) in [5.74, 6) is -0.0696. The highest BCUT2D eigenvalue weighted by atomic mass is 35.5. The molecular weight excluding hydrogens is 389 g/mol. The average Bonchev–Trinajstić information content (AvgIpc) is 3.14. The van der Waals surface area contributed by atoms with Crippen molar-refractivity contribution in [3.05, 3.63) is 45.4 Å². The molecule has 3 rings (SSSR count). The molecule has 0 spiro atoms. The van der Waals surface area contributed by atoms with Crippen LogP contribution < -0.4 is 0 Å². The van der Waals surface area contributed by atoms with Crippen molar-refractivity contribution in [3.8, 4) is 0 Å². The van der Waals surface area contributed by atoms with Gasteiger partial charge in [0.05, 0.1) is 33.7 Å². The first-order valence-corrected chi connectivity index (χ1v) is 8.72. The third-order valence-corrected chi connectivity index (χ3v) is 5.52. The van der Waals surface area contributed by atoms with E-state index in [2.05, 4.69) is 10.1 Å². The molecule has 1 saturated heterocycles. The molecule has 6 nitrogen and oxygen atoms in total. The van der Waals surface area contributed by atoms with Gasteiger partial charge in [0.1, 0.15) is 25.5 Å². The van der Waals surface area contributed by atoms with E-state index in [1.165, 1.54) is 17.3 Å². The van der Waals surface area contributed by atoms with Crippen molar-refractivity contribution in [1.82, 2.24) is 14.8 Å². The predicted octanol–water partition coefficient (Wildman–Crippen LogP) is 3.60. The highest BCUT2D eigenvalue weighted by Crippen LogP contribution is 2.36. The fourth-order valence-electron chi connectivity index (χ4n) is 2.80. The molecule has 1 unspecified atom stereocenters. The Morgan fingerprint density at radius 3 is 2.64 bits per heavy atom. The predicted molar refractivity (Wildman–Crippen MR) is 94.1 cm³/mol. The third-order valence-electron chi connectivity index (χ3n) is 4.19. The van der Waals surface area contributed by atoms with Gasteiger partial charge in [0, 0.05) is 6.42 Å². The number of Topliss-reactive ketones (excluding diaryl/α,β-unsaturated/α-hetero) is 1. The number of halogens is 3. The molecular formula is C16H16Cl3N3O3. The minimum Gasteiger partial charge on any atom is -0.354 e. The first-order chi connectivity index (χ1) is 11.9. The van der Waals surface area contributed by atoms with Gasteiger partial charge >= 0.3 is 0 Å². The Morgan fingerprint density at radius 2 is 2.00 bits per heavy atom. The highest BCUT2D eigenvalue weighted by molar-refractivity contribution is 6.48. The maximum Gasteiger partial charge on any atom is 0.168 e. The first kappa shape index (κ1) is 18.6. The fourth-order valence-corrected chi connectivity index (χ4v) is 3.43. The van der Waals surface area contributed by atoms with Gasteiger partial charge < -0.3 is 9.47 Å². The van der Waals surface area contributed by atoms with Gasteiger partial charge in [0.2, 0.25) is 0 Å². The zero-order chi connectivity index (χ0) is 18.0. The van der Waals surface area contributed by atoms with Crippen LogP contribution >= 0.6 is 34.8 Å².